The second-order valence-electron chi connectivity index (χ2n) is 7.70. The van der Waals surface area contributed by atoms with E-state index in [1.165, 1.54) is 18.2 Å². The van der Waals surface area contributed by atoms with Gasteiger partial charge in [-0.05, 0) is 43.3 Å². The number of esters is 2. The summed E-state index contributed by atoms with van der Waals surface area (Å²) >= 11 is 0. The van der Waals surface area contributed by atoms with Gasteiger partial charge in [0.05, 0.1) is 34.5 Å². The number of hydrogen-bond acceptors (Lipinski definition) is 6. The number of imide groups is 1. The first-order chi connectivity index (χ1) is 17.1. The van der Waals surface area contributed by atoms with E-state index < -0.39 is 41.6 Å². The predicted molar refractivity (Wildman–Crippen MR) is 120 cm³/mol. The monoisotopic (exact) mass is 497 g/mol. The molecule has 0 aromatic heterocycles. The number of amides is 2. The fourth-order valence-corrected chi connectivity index (χ4v) is 3.70. The molecule has 1 aliphatic heterocycles. The van der Waals surface area contributed by atoms with Gasteiger partial charge < -0.3 is 9.47 Å². The number of alkyl halides is 3. The van der Waals surface area contributed by atoms with Crippen LogP contribution in [0.5, 0.6) is 0 Å². The standard InChI is InChI=1S/C26H18F3NO6/c1-2-35-25(34)21(15-7-4-3-5-8-15)36-24(33)16-11-12-19-20(13-16)23(32)30(22(19)31)18-10-6-9-17(14-18)26(27,28)29/h3-14,21H,2H2,1H3. The SMILES string of the molecule is CCOC(=O)C(OC(=O)c1ccc2c(c1)C(=O)N(c1cccc(C(F)(F)F)c1)C2=O)c1ccccc1. The Kier molecular flexibility index (Phi) is 6.61. The van der Waals surface area contributed by atoms with Crippen molar-refractivity contribution in [1.29, 1.82) is 0 Å². The third kappa shape index (κ3) is 4.70. The molecule has 1 unspecified atom stereocenters. The Hall–Kier alpha value is -4.47. The highest BCUT2D eigenvalue weighted by Gasteiger charge is 2.39. The summed E-state index contributed by atoms with van der Waals surface area (Å²) in [4.78, 5) is 51.7. The molecule has 0 radical (unpaired) electrons. The molecule has 3 aromatic carbocycles. The van der Waals surface area contributed by atoms with Crippen molar-refractivity contribution in [3.05, 3.63) is 101 Å². The van der Waals surface area contributed by atoms with Gasteiger partial charge in [0.15, 0.2) is 0 Å². The summed E-state index contributed by atoms with van der Waals surface area (Å²) in [7, 11) is 0. The minimum Gasteiger partial charge on any atom is -0.463 e. The summed E-state index contributed by atoms with van der Waals surface area (Å²) in [5, 5.41) is 0. The molecule has 3 aromatic rings. The van der Waals surface area contributed by atoms with Gasteiger partial charge in [-0.2, -0.15) is 13.2 Å². The molecule has 2 amide bonds. The maximum absolute atomic E-state index is 13.1. The molecule has 0 spiro atoms. The van der Waals surface area contributed by atoms with E-state index in [0.717, 1.165) is 18.2 Å². The molecule has 0 bridgehead atoms. The van der Waals surface area contributed by atoms with Gasteiger partial charge in [-0.3, -0.25) is 9.59 Å². The molecule has 184 valence electrons. The molecule has 0 saturated carbocycles. The van der Waals surface area contributed by atoms with Crippen molar-refractivity contribution in [2.45, 2.75) is 19.2 Å². The van der Waals surface area contributed by atoms with Gasteiger partial charge in [0.2, 0.25) is 6.10 Å². The normalized spacial score (nSPS) is 13.8. The topological polar surface area (TPSA) is 90.0 Å². The maximum atomic E-state index is 13.1. The lowest BCUT2D eigenvalue weighted by Crippen LogP contribution is -2.29. The number of nitrogens with zero attached hydrogens (tertiary/aromatic N) is 1. The largest absolute Gasteiger partial charge is 0.463 e. The quantitative estimate of drug-likeness (QED) is 0.353. The average molecular weight is 497 g/mol. The van der Waals surface area contributed by atoms with Gasteiger partial charge >= 0.3 is 18.1 Å². The second-order valence-corrected chi connectivity index (χ2v) is 7.70. The summed E-state index contributed by atoms with van der Waals surface area (Å²) < 4.78 is 49.7. The summed E-state index contributed by atoms with van der Waals surface area (Å²) in [6.45, 7) is 1.65. The first-order valence-corrected chi connectivity index (χ1v) is 10.7. The molecule has 0 N–H and O–H groups in total. The van der Waals surface area contributed by atoms with Crippen molar-refractivity contribution in [2.24, 2.45) is 0 Å². The number of fused-ring (bicyclic) bond motifs is 1. The fourth-order valence-electron chi connectivity index (χ4n) is 3.70. The number of halogens is 3. The van der Waals surface area contributed by atoms with Crippen molar-refractivity contribution in [3.8, 4) is 0 Å². The molecule has 1 atom stereocenters. The van der Waals surface area contributed by atoms with Crippen molar-refractivity contribution in [2.75, 3.05) is 11.5 Å². The minimum absolute atomic E-state index is 0.0561. The highest BCUT2D eigenvalue weighted by Crippen LogP contribution is 2.35. The van der Waals surface area contributed by atoms with Crippen LogP contribution in [0, 0.1) is 0 Å². The molecular formula is C26H18F3NO6. The molecule has 7 nitrogen and oxygen atoms in total. The number of benzene rings is 3. The van der Waals surface area contributed by atoms with E-state index in [0.29, 0.717) is 16.5 Å². The Morgan fingerprint density at radius 3 is 2.25 bits per heavy atom. The third-order valence-electron chi connectivity index (χ3n) is 5.38. The van der Waals surface area contributed by atoms with Crippen LogP contribution in [0.3, 0.4) is 0 Å². The Morgan fingerprint density at radius 1 is 0.889 bits per heavy atom. The average Bonchev–Trinajstić information content (AvgIpc) is 3.11. The summed E-state index contributed by atoms with van der Waals surface area (Å²) in [6, 6.07) is 15.5. The lowest BCUT2D eigenvalue weighted by Gasteiger charge is -2.17. The number of carbonyl (C=O) groups excluding carboxylic acids is 4. The molecular weight excluding hydrogens is 479 g/mol. The van der Waals surface area contributed by atoms with Gasteiger partial charge in [-0.15, -0.1) is 0 Å². The minimum atomic E-state index is -4.67. The van der Waals surface area contributed by atoms with Crippen molar-refractivity contribution < 1.29 is 41.8 Å². The van der Waals surface area contributed by atoms with Crippen LogP contribution in [0.25, 0.3) is 0 Å². The van der Waals surface area contributed by atoms with Crippen LogP contribution in [0.15, 0.2) is 72.8 Å². The smallest absolute Gasteiger partial charge is 0.416 e. The Bertz CT molecular complexity index is 1350. The van der Waals surface area contributed by atoms with Crippen molar-refractivity contribution in [3.63, 3.8) is 0 Å². The van der Waals surface area contributed by atoms with Crippen LogP contribution in [0.1, 0.15) is 55.2 Å². The van der Waals surface area contributed by atoms with Crippen molar-refractivity contribution >= 4 is 29.4 Å². The van der Waals surface area contributed by atoms with Crippen LogP contribution in [0.2, 0.25) is 0 Å². The van der Waals surface area contributed by atoms with E-state index in [1.54, 1.807) is 37.3 Å². The fraction of sp³-hybridized carbons (Fsp3) is 0.154. The molecule has 4 rings (SSSR count). The molecule has 0 aliphatic carbocycles. The number of carbonyl (C=O) groups is 4. The number of rotatable bonds is 6. The molecule has 0 fully saturated rings. The Labute approximate surface area is 203 Å². The van der Waals surface area contributed by atoms with E-state index in [-0.39, 0.29) is 29.0 Å². The van der Waals surface area contributed by atoms with E-state index in [9.17, 15) is 32.3 Å². The van der Waals surface area contributed by atoms with Gasteiger partial charge in [0.25, 0.3) is 11.8 Å². The number of ether oxygens (including phenoxy) is 2. The zero-order valence-electron chi connectivity index (χ0n) is 18.7. The van der Waals surface area contributed by atoms with Gasteiger partial charge in [-0.1, -0.05) is 36.4 Å². The van der Waals surface area contributed by atoms with Crippen LogP contribution in [0.4, 0.5) is 18.9 Å². The molecule has 10 heteroatoms. The van der Waals surface area contributed by atoms with E-state index in [1.807, 2.05) is 0 Å². The summed E-state index contributed by atoms with van der Waals surface area (Å²) in [5.41, 5.74) is -1.31. The number of anilines is 1. The lowest BCUT2D eigenvalue weighted by atomic mass is 10.1. The molecule has 1 aliphatic rings. The zero-order chi connectivity index (χ0) is 26.0. The molecule has 36 heavy (non-hydrogen) atoms. The van der Waals surface area contributed by atoms with Crippen LogP contribution >= 0.6 is 0 Å². The third-order valence-corrected chi connectivity index (χ3v) is 5.38. The Morgan fingerprint density at radius 2 is 1.58 bits per heavy atom. The summed E-state index contributed by atoms with van der Waals surface area (Å²) in [6.07, 6.45) is -6.04. The first-order valence-electron chi connectivity index (χ1n) is 10.7. The van der Waals surface area contributed by atoms with Crippen LogP contribution < -0.4 is 4.90 Å². The highest BCUT2D eigenvalue weighted by molar-refractivity contribution is 6.34. The number of hydrogen-bond donors (Lipinski definition) is 0. The molecule has 0 saturated heterocycles. The predicted octanol–water partition coefficient (Wildman–Crippen LogP) is 4.97. The van der Waals surface area contributed by atoms with Crippen LogP contribution in [-0.4, -0.2) is 30.4 Å². The summed E-state index contributed by atoms with van der Waals surface area (Å²) in [5.74, 6) is -3.48. The second kappa shape index (κ2) is 9.65. The van der Waals surface area contributed by atoms with Gasteiger partial charge in [-0.25, -0.2) is 14.5 Å². The van der Waals surface area contributed by atoms with Gasteiger partial charge in [0.1, 0.15) is 0 Å². The van der Waals surface area contributed by atoms with E-state index >= 15 is 0 Å². The Balaban J connectivity index is 1.62. The lowest BCUT2D eigenvalue weighted by molar-refractivity contribution is -0.154. The molecule has 1 heterocycles. The zero-order valence-corrected chi connectivity index (χ0v) is 18.7. The maximum Gasteiger partial charge on any atom is 0.416 e. The first kappa shape index (κ1) is 24.6. The van der Waals surface area contributed by atoms with E-state index in [4.69, 9.17) is 9.47 Å². The van der Waals surface area contributed by atoms with E-state index in [2.05, 4.69) is 0 Å². The highest BCUT2D eigenvalue weighted by atomic mass is 19.4. The van der Waals surface area contributed by atoms with Gasteiger partial charge in [0, 0.05) is 5.56 Å². The van der Waals surface area contributed by atoms with Crippen LogP contribution in [-0.2, 0) is 20.4 Å². The van der Waals surface area contributed by atoms with Crippen molar-refractivity contribution in [1.82, 2.24) is 0 Å².